The molecule has 0 bridgehead atoms. The van der Waals surface area contributed by atoms with Gasteiger partial charge in [-0.1, -0.05) is 54.9 Å². The maximum Gasteiger partial charge on any atom is 0.222 e. The molecule has 0 unspecified atom stereocenters. The third-order valence-corrected chi connectivity index (χ3v) is 7.11. The monoisotopic (exact) mass is 500 g/mol. The molecule has 2 aromatic carbocycles. The number of hydrogen-bond donors (Lipinski definition) is 0. The lowest BCUT2D eigenvalue weighted by atomic mass is 10.0. The Kier molecular flexibility index (Phi) is 6.90. The fraction of sp³-hybridized carbons (Fsp3) is 0.276. The first-order chi connectivity index (χ1) is 17.4. The number of piperazine rings is 1. The molecule has 4 aromatic rings. The molecule has 3 heterocycles. The Morgan fingerprint density at radius 3 is 2.14 bits per heavy atom. The van der Waals surface area contributed by atoms with E-state index in [1.165, 1.54) is 0 Å². The first kappa shape index (κ1) is 24.2. The Morgan fingerprint density at radius 1 is 0.861 bits per heavy atom. The highest BCUT2D eigenvalue weighted by atomic mass is 35.5. The largest absolute Gasteiger partial charge is 0.340 e. The van der Waals surface area contributed by atoms with E-state index in [4.69, 9.17) is 16.6 Å². The van der Waals surface area contributed by atoms with Gasteiger partial charge < -0.3 is 9.30 Å². The second kappa shape index (κ2) is 10.2. The lowest BCUT2D eigenvalue weighted by molar-refractivity contribution is -0.132. The lowest BCUT2D eigenvalue weighted by Crippen LogP contribution is -2.48. The maximum atomic E-state index is 12.1. The molecular formula is C29H29ClN4O2. The van der Waals surface area contributed by atoms with Gasteiger partial charge in [0.2, 0.25) is 5.91 Å². The van der Waals surface area contributed by atoms with E-state index < -0.39 is 0 Å². The van der Waals surface area contributed by atoms with Crippen molar-refractivity contribution in [1.29, 1.82) is 0 Å². The summed E-state index contributed by atoms with van der Waals surface area (Å²) in [6.45, 7) is 7.35. The highest BCUT2D eigenvalue weighted by Crippen LogP contribution is 2.29. The van der Waals surface area contributed by atoms with Gasteiger partial charge >= 0.3 is 0 Å². The average Bonchev–Trinajstić information content (AvgIpc) is 3.26. The zero-order valence-electron chi connectivity index (χ0n) is 20.6. The van der Waals surface area contributed by atoms with E-state index in [1.807, 2.05) is 66.4 Å². The van der Waals surface area contributed by atoms with E-state index in [2.05, 4.69) is 21.6 Å². The third kappa shape index (κ3) is 4.92. The normalized spacial score (nSPS) is 14.4. The van der Waals surface area contributed by atoms with E-state index in [-0.39, 0.29) is 11.7 Å². The smallest absolute Gasteiger partial charge is 0.222 e. The molecule has 184 valence electrons. The van der Waals surface area contributed by atoms with Crippen LogP contribution in [0.2, 0.25) is 5.02 Å². The van der Waals surface area contributed by atoms with Crippen LogP contribution >= 0.6 is 11.6 Å². The van der Waals surface area contributed by atoms with Crippen LogP contribution in [0.1, 0.15) is 36.3 Å². The molecule has 7 heteroatoms. The predicted molar refractivity (Wildman–Crippen MR) is 143 cm³/mol. The molecule has 0 N–H and O–H groups in total. The summed E-state index contributed by atoms with van der Waals surface area (Å²) in [5, 5.41) is 0.692. The van der Waals surface area contributed by atoms with Crippen LogP contribution < -0.4 is 0 Å². The quantitative estimate of drug-likeness (QED) is 0.324. The van der Waals surface area contributed by atoms with Crippen molar-refractivity contribution >= 4 is 28.9 Å². The summed E-state index contributed by atoms with van der Waals surface area (Å²) in [6.07, 6.45) is 2.67. The van der Waals surface area contributed by atoms with Gasteiger partial charge in [-0.2, -0.15) is 0 Å². The number of imidazole rings is 1. The van der Waals surface area contributed by atoms with Crippen LogP contribution in [-0.2, 0) is 11.3 Å². The van der Waals surface area contributed by atoms with Gasteiger partial charge in [-0.25, -0.2) is 4.98 Å². The van der Waals surface area contributed by atoms with Crippen molar-refractivity contribution in [2.45, 2.75) is 26.8 Å². The average molecular weight is 501 g/mol. The summed E-state index contributed by atoms with van der Waals surface area (Å²) < 4.78 is 2.17. The molecule has 5 rings (SSSR count). The van der Waals surface area contributed by atoms with Crippen molar-refractivity contribution < 1.29 is 9.59 Å². The zero-order valence-corrected chi connectivity index (χ0v) is 21.3. The summed E-state index contributed by atoms with van der Waals surface area (Å²) in [5.74, 6) is 0.272. The molecule has 1 saturated heterocycles. The minimum absolute atomic E-state index is 0.0576. The van der Waals surface area contributed by atoms with Crippen LogP contribution in [0.3, 0.4) is 0 Å². The number of pyridine rings is 1. The minimum atomic E-state index is 0.0576. The van der Waals surface area contributed by atoms with Gasteiger partial charge in [0.05, 0.1) is 11.4 Å². The zero-order chi connectivity index (χ0) is 25.2. The number of carbonyl (C=O) groups is 2. The van der Waals surface area contributed by atoms with Gasteiger partial charge in [0, 0.05) is 61.5 Å². The van der Waals surface area contributed by atoms with Crippen LogP contribution in [0.5, 0.6) is 0 Å². The lowest BCUT2D eigenvalue weighted by Gasteiger charge is -2.34. The summed E-state index contributed by atoms with van der Waals surface area (Å²) in [4.78, 5) is 33.1. The molecule has 0 radical (unpaired) electrons. The summed E-state index contributed by atoms with van der Waals surface area (Å²) in [7, 11) is 0. The Hall–Kier alpha value is -3.48. The number of fused-ring (bicyclic) bond motifs is 1. The first-order valence-electron chi connectivity index (χ1n) is 12.3. The molecule has 0 saturated carbocycles. The standard InChI is InChI=1S/C29H29ClN4O2/c1-3-28(36)33-16-14-32(15-17-33)19-26-29(23-8-11-25(30)12-9-23)31-27-13-10-24(18-34(26)27)22-6-4-21(5-7-22)20(2)35/h4-13,18H,3,14-17,19H2,1-2H3. The van der Waals surface area contributed by atoms with Gasteiger partial charge in [-0.15, -0.1) is 0 Å². The van der Waals surface area contributed by atoms with E-state index in [9.17, 15) is 9.59 Å². The van der Waals surface area contributed by atoms with Gasteiger partial charge in [-0.3, -0.25) is 14.5 Å². The van der Waals surface area contributed by atoms with Gasteiger partial charge in [0.1, 0.15) is 5.65 Å². The fourth-order valence-electron chi connectivity index (χ4n) is 4.74. The Labute approximate surface area is 216 Å². The molecule has 0 aliphatic carbocycles. The molecule has 0 atom stereocenters. The van der Waals surface area contributed by atoms with Crippen molar-refractivity contribution in [1.82, 2.24) is 19.2 Å². The number of hydrogen-bond acceptors (Lipinski definition) is 4. The summed E-state index contributed by atoms with van der Waals surface area (Å²) in [5.41, 5.74) is 6.73. The van der Waals surface area contributed by atoms with E-state index in [0.717, 1.165) is 66.4 Å². The number of halogens is 1. The van der Waals surface area contributed by atoms with Crippen molar-refractivity contribution in [2.75, 3.05) is 26.2 Å². The number of aromatic nitrogens is 2. The van der Waals surface area contributed by atoms with Crippen molar-refractivity contribution in [3.05, 3.63) is 83.1 Å². The van der Waals surface area contributed by atoms with Gasteiger partial charge in [-0.05, 0) is 42.3 Å². The molecule has 2 aromatic heterocycles. The Bertz CT molecular complexity index is 1400. The molecule has 1 fully saturated rings. The van der Waals surface area contributed by atoms with Crippen LogP contribution in [0, 0.1) is 0 Å². The molecule has 36 heavy (non-hydrogen) atoms. The minimum Gasteiger partial charge on any atom is -0.340 e. The topological polar surface area (TPSA) is 57.9 Å². The van der Waals surface area contributed by atoms with Crippen LogP contribution in [0.4, 0.5) is 0 Å². The van der Waals surface area contributed by atoms with Crippen molar-refractivity contribution in [2.24, 2.45) is 0 Å². The first-order valence-corrected chi connectivity index (χ1v) is 12.7. The van der Waals surface area contributed by atoms with E-state index >= 15 is 0 Å². The number of carbonyl (C=O) groups excluding carboxylic acids is 2. The van der Waals surface area contributed by atoms with E-state index in [0.29, 0.717) is 17.0 Å². The second-order valence-corrected chi connectivity index (χ2v) is 9.64. The molecule has 1 aliphatic rings. The van der Waals surface area contributed by atoms with Gasteiger partial charge in [0.15, 0.2) is 5.78 Å². The third-order valence-electron chi connectivity index (χ3n) is 6.86. The molecular weight excluding hydrogens is 472 g/mol. The predicted octanol–water partition coefficient (Wildman–Crippen LogP) is 5.58. The number of ketones is 1. The summed E-state index contributed by atoms with van der Waals surface area (Å²) in [6, 6.07) is 19.6. The maximum absolute atomic E-state index is 12.1. The van der Waals surface area contributed by atoms with Crippen LogP contribution in [-0.4, -0.2) is 57.1 Å². The number of nitrogens with zero attached hydrogens (tertiary/aromatic N) is 4. The van der Waals surface area contributed by atoms with E-state index in [1.54, 1.807) is 6.92 Å². The molecule has 1 aliphatic heterocycles. The number of benzene rings is 2. The molecule has 0 spiro atoms. The number of Topliss-reactive ketones (excluding diaryl/α,β-unsaturated/α-hetero) is 1. The summed E-state index contributed by atoms with van der Waals surface area (Å²) >= 11 is 6.16. The molecule has 6 nitrogen and oxygen atoms in total. The van der Waals surface area contributed by atoms with Crippen molar-refractivity contribution in [3.63, 3.8) is 0 Å². The highest BCUT2D eigenvalue weighted by molar-refractivity contribution is 6.30. The SMILES string of the molecule is CCC(=O)N1CCN(Cc2c(-c3ccc(Cl)cc3)nc3ccc(-c4ccc(C(C)=O)cc4)cn23)CC1. The molecule has 1 amide bonds. The van der Waals surface area contributed by atoms with Crippen LogP contribution in [0.25, 0.3) is 28.0 Å². The Balaban J connectivity index is 1.52. The van der Waals surface area contributed by atoms with Crippen LogP contribution in [0.15, 0.2) is 66.9 Å². The van der Waals surface area contributed by atoms with Gasteiger partial charge in [0.25, 0.3) is 0 Å². The van der Waals surface area contributed by atoms with Crippen molar-refractivity contribution in [3.8, 4) is 22.4 Å². The fourth-order valence-corrected chi connectivity index (χ4v) is 4.87. The number of rotatable bonds is 6. The Morgan fingerprint density at radius 2 is 1.50 bits per heavy atom. The highest BCUT2D eigenvalue weighted by Gasteiger charge is 2.23. The second-order valence-electron chi connectivity index (χ2n) is 9.20. The number of amides is 1.